The first kappa shape index (κ1) is 33.1. The zero-order valence-electron chi connectivity index (χ0n) is 27.2. The molecule has 3 fully saturated rings. The van der Waals surface area contributed by atoms with Gasteiger partial charge >= 0.3 is 6.03 Å². The van der Waals surface area contributed by atoms with Gasteiger partial charge in [0.2, 0.25) is 11.8 Å². The number of nitrogens with one attached hydrogen (secondary N) is 1. The first-order valence-electron chi connectivity index (χ1n) is 16.8. The molecule has 46 heavy (non-hydrogen) atoms. The topological polar surface area (TPSA) is 105 Å². The van der Waals surface area contributed by atoms with E-state index in [0.29, 0.717) is 42.8 Å². The lowest BCUT2D eigenvalue weighted by Gasteiger charge is -2.41. The van der Waals surface area contributed by atoms with Crippen LogP contribution in [0.3, 0.4) is 0 Å². The Morgan fingerprint density at radius 3 is 2.46 bits per heavy atom. The lowest BCUT2D eigenvalue weighted by molar-refractivity contribution is -0.143. The van der Waals surface area contributed by atoms with Crippen LogP contribution in [0, 0.1) is 12.8 Å². The fraction of sp³-hybridized carbons (Fsp3) is 0.618. The third-order valence-corrected chi connectivity index (χ3v) is 11.7. The molecule has 1 aromatic heterocycles. The Morgan fingerprint density at radius 2 is 1.72 bits per heavy atom. The predicted octanol–water partition coefficient (Wildman–Crippen LogP) is 4.51. The molecular formula is C34H48ClN7O3S. The highest BCUT2D eigenvalue weighted by Crippen LogP contribution is 2.32. The van der Waals surface area contributed by atoms with Gasteiger partial charge in [0, 0.05) is 62.7 Å². The molecule has 0 spiro atoms. The Bertz CT molecular complexity index is 1400. The fourth-order valence-corrected chi connectivity index (χ4v) is 8.78. The first-order chi connectivity index (χ1) is 22.2. The number of urea groups is 1. The molecule has 0 radical (unpaired) electrons. The maximum atomic E-state index is 14.1. The summed E-state index contributed by atoms with van der Waals surface area (Å²) in [7, 11) is 2.19. The van der Waals surface area contributed by atoms with Gasteiger partial charge in [0.15, 0.2) is 0 Å². The van der Waals surface area contributed by atoms with Crippen LogP contribution in [0.4, 0.5) is 16.2 Å². The summed E-state index contributed by atoms with van der Waals surface area (Å²) in [6, 6.07) is 6.30. The Balaban J connectivity index is 1.09. The van der Waals surface area contributed by atoms with Crippen LogP contribution in [-0.2, 0) is 22.6 Å². The summed E-state index contributed by atoms with van der Waals surface area (Å²) < 4.78 is 0. The third-order valence-electron chi connectivity index (χ3n) is 10.5. The van der Waals surface area contributed by atoms with Gasteiger partial charge in [-0.1, -0.05) is 17.7 Å². The van der Waals surface area contributed by atoms with Gasteiger partial charge in [0.05, 0.1) is 28.9 Å². The number of hydrogen-bond acceptors (Lipinski definition) is 7. The van der Waals surface area contributed by atoms with Crippen molar-refractivity contribution < 1.29 is 14.4 Å². The van der Waals surface area contributed by atoms with Crippen molar-refractivity contribution >= 4 is 52.2 Å². The number of benzene rings is 1. The molecule has 4 aliphatic heterocycles. The summed E-state index contributed by atoms with van der Waals surface area (Å²) >= 11 is 8.10. The van der Waals surface area contributed by atoms with Crippen molar-refractivity contribution in [3.8, 4) is 0 Å². The van der Waals surface area contributed by atoms with Gasteiger partial charge in [-0.2, -0.15) is 0 Å². The highest BCUT2D eigenvalue weighted by atomic mass is 35.5. The van der Waals surface area contributed by atoms with E-state index >= 15 is 0 Å². The lowest BCUT2D eigenvalue weighted by Crippen LogP contribution is -2.51. The average Bonchev–Trinajstić information content (AvgIpc) is 3.40. The number of nitrogens with two attached hydrogens (primary N) is 1. The standard InChI is InChI=1S/C34H48ClN7O3S/c1-23-18-24(20-28(35)32(23)36)19-25(33(44)41-13-4-26(5-14-41)39-10-3-9-38(2)15-16-39)21-31(43)40-11-6-27(7-12-40)42-22-30-29(8-17-46-30)37-34(42)45/h8,17-18,20,25-27H,3-7,9-16,19,21-22,36H2,1-2H3,(H,37,45)/t25-/m0/s1. The van der Waals surface area contributed by atoms with Crippen LogP contribution >= 0.6 is 22.9 Å². The SMILES string of the molecule is Cc1cc(C[C@@H](CC(=O)N2CCC(N3Cc4sccc4NC3=O)CC2)C(=O)N2CCC(N3CCCN(C)CC3)CC2)cc(Cl)c1N. The number of likely N-dealkylation sites (tertiary alicyclic amines) is 2. The lowest BCUT2D eigenvalue weighted by atomic mass is 9.91. The molecule has 1 aromatic carbocycles. The van der Waals surface area contributed by atoms with E-state index in [2.05, 4.69) is 22.2 Å². The van der Waals surface area contributed by atoms with Crippen molar-refractivity contribution in [1.29, 1.82) is 0 Å². The molecule has 12 heteroatoms. The normalized spacial score (nSPS) is 21.5. The largest absolute Gasteiger partial charge is 0.397 e. The predicted molar refractivity (Wildman–Crippen MR) is 184 cm³/mol. The van der Waals surface area contributed by atoms with Gasteiger partial charge in [-0.15, -0.1) is 11.3 Å². The number of fused-ring (bicyclic) bond motifs is 1. The number of halogens is 1. The van der Waals surface area contributed by atoms with E-state index in [4.69, 9.17) is 17.3 Å². The van der Waals surface area contributed by atoms with E-state index < -0.39 is 5.92 Å². The smallest absolute Gasteiger partial charge is 0.322 e. The number of piperidine rings is 2. The van der Waals surface area contributed by atoms with Crippen LogP contribution in [-0.4, -0.2) is 114 Å². The number of carbonyl (C=O) groups excluding carboxylic acids is 3. The molecule has 10 nitrogen and oxygen atoms in total. The molecule has 3 N–H and O–H groups in total. The summed E-state index contributed by atoms with van der Waals surface area (Å²) in [5, 5.41) is 5.49. The zero-order valence-corrected chi connectivity index (χ0v) is 28.8. The van der Waals surface area contributed by atoms with Gasteiger partial charge in [0.1, 0.15) is 0 Å². The molecule has 0 unspecified atom stereocenters. The van der Waals surface area contributed by atoms with Gasteiger partial charge in [-0.25, -0.2) is 4.79 Å². The molecule has 1 atom stereocenters. The number of aryl methyl sites for hydroxylation is 1. The van der Waals surface area contributed by atoms with Crippen LogP contribution in [0.5, 0.6) is 0 Å². The van der Waals surface area contributed by atoms with Crippen molar-refractivity contribution in [2.45, 2.75) is 70.5 Å². The number of hydrogen-bond donors (Lipinski definition) is 2. The van der Waals surface area contributed by atoms with E-state index in [1.807, 2.05) is 45.2 Å². The third kappa shape index (κ3) is 7.48. The molecule has 250 valence electrons. The maximum Gasteiger partial charge on any atom is 0.322 e. The molecule has 4 amide bonds. The van der Waals surface area contributed by atoms with Crippen molar-refractivity contribution in [3.63, 3.8) is 0 Å². The van der Waals surface area contributed by atoms with Gasteiger partial charge in [-0.3, -0.25) is 14.5 Å². The molecule has 0 bridgehead atoms. The van der Waals surface area contributed by atoms with E-state index in [-0.39, 0.29) is 30.3 Å². The number of amides is 4. The van der Waals surface area contributed by atoms with Gasteiger partial charge < -0.3 is 30.7 Å². The molecule has 2 aromatic rings. The molecule has 0 aliphatic carbocycles. The molecule has 5 heterocycles. The molecule has 4 aliphatic rings. The average molecular weight is 670 g/mol. The number of likely N-dealkylation sites (N-methyl/N-ethyl adjacent to an activating group) is 1. The van der Waals surface area contributed by atoms with E-state index in [0.717, 1.165) is 81.8 Å². The second-order valence-electron chi connectivity index (χ2n) is 13.6. The minimum absolute atomic E-state index is 0.00211. The Labute approximate surface area is 281 Å². The quantitative estimate of drug-likeness (QED) is 0.421. The zero-order chi connectivity index (χ0) is 32.4. The van der Waals surface area contributed by atoms with Crippen LogP contribution in [0.1, 0.15) is 54.5 Å². The summed E-state index contributed by atoms with van der Waals surface area (Å²) in [6.45, 7) is 9.55. The van der Waals surface area contributed by atoms with E-state index in [9.17, 15) is 14.4 Å². The van der Waals surface area contributed by atoms with Crippen LogP contribution in [0.15, 0.2) is 23.6 Å². The van der Waals surface area contributed by atoms with Crippen molar-refractivity contribution in [2.75, 3.05) is 70.5 Å². The Kier molecular flexibility index (Phi) is 10.4. The fourth-order valence-electron chi connectivity index (χ4n) is 7.67. The number of carbonyl (C=O) groups is 3. The van der Waals surface area contributed by atoms with Crippen LogP contribution < -0.4 is 11.1 Å². The summed E-state index contributed by atoms with van der Waals surface area (Å²) in [5.74, 6) is -0.417. The maximum absolute atomic E-state index is 14.1. The summed E-state index contributed by atoms with van der Waals surface area (Å²) in [4.78, 5) is 52.7. The second-order valence-corrected chi connectivity index (χ2v) is 15.0. The number of nitrogen functional groups attached to an aromatic ring is 1. The van der Waals surface area contributed by atoms with Crippen molar-refractivity contribution in [1.82, 2.24) is 24.5 Å². The summed E-state index contributed by atoms with van der Waals surface area (Å²) in [5.41, 5.74) is 9.38. The Morgan fingerprint density at radius 1 is 1.00 bits per heavy atom. The number of nitrogens with zero attached hydrogens (tertiary/aromatic N) is 5. The minimum atomic E-state index is -0.474. The van der Waals surface area contributed by atoms with Crippen molar-refractivity contribution in [3.05, 3.63) is 44.6 Å². The van der Waals surface area contributed by atoms with Crippen LogP contribution in [0.2, 0.25) is 5.02 Å². The Hall–Kier alpha value is -2.86. The molecule has 6 rings (SSSR count). The summed E-state index contributed by atoms with van der Waals surface area (Å²) in [6.07, 6.45) is 5.17. The number of anilines is 2. The van der Waals surface area contributed by atoms with E-state index in [1.54, 1.807) is 11.3 Å². The van der Waals surface area contributed by atoms with Crippen LogP contribution in [0.25, 0.3) is 0 Å². The van der Waals surface area contributed by atoms with Crippen molar-refractivity contribution in [2.24, 2.45) is 5.92 Å². The second kappa shape index (κ2) is 14.5. The highest BCUT2D eigenvalue weighted by molar-refractivity contribution is 7.10. The molecular weight excluding hydrogens is 622 g/mol. The highest BCUT2D eigenvalue weighted by Gasteiger charge is 2.36. The number of thiophene rings is 1. The monoisotopic (exact) mass is 669 g/mol. The first-order valence-corrected chi connectivity index (χ1v) is 18.1. The molecule has 3 saturated heterocycles. The van der Waals surface area contributed by atoms with Gasteiger partial charge in [-0.05, 0) is 94.2 Å². The number of rotatable bonds is 7. The van der Waals surface area contributed by atoms with E-state index in [1.165, 1.54) is 11.3 Å². The minimum Gasteiger partial charge on any atom is -0.397 e. The van der Waals surface area contributed by atoms with Gasteiger partial charge in [0.25, 0.3) is 0 Å². The molecule has 0 saturated carbocycles.